The molecular formula is C33H32F2O4. The summed E-state index contributed by atoms with van der Waals surface area (Å²) < 4.78 is 54.6. The molecule has 6 heteroatoms. The second kappa shape index (κ2) is 13.1. The number of halogens is 2. The quantitative estimate of drug-likeness (QED) is 0.207. The summed E-state index contributed by atoms with van der Waals surface area (Å²) in [5, 5.41) is 0. The fourth-order valence-corrected chi connectivity index (χ4v) is 4.79. The Morgan fingerprint density at radius 2 is 1.15 bits per heavy atom. The molecule has 1 aliphatic heterocycles. The summed E-state index contributed by atoms with van der Waals surface area (Å²) in [5.41, 5.74) is 3.58. The third-order valence-electron chi connectivity index (χ3n) is 6.86. The van der Waals surface area contributed by atoms with Crippen molar-refractivity contribution in [3.63, 3.8) is 0 Å². The third-order valence-corrected chi connectivity index (χ3v) is 6.86. The molecule has 202 valence electrons. The molecule has 1 saturated heterocycles. The van der Waals surface area contributed by atoms with Gasteiger partial charge in [-0.25, -0.2) is 8.78 Å². The lowest BCUT2D eigenvalue weighted by atomic mass is 9.98. The molecule has 0 bridgehead atoms. The average molecular weight is 531 g/mol. The lowest BCUT2D eigenvalue weighted by Crippen LogP contribution is -2.38. The van der Waals surface area contributed by atoms with Crippen LogP contribution in [0, 0.1) is 18.6 Å². The van der Waals surface area contributed by atoms with Gasteiger partial charge in [0.05, 0.1) is 26.4 Å². The summed E-state index contributed by atoms with van der Waals surface area (Å²) in [5.74, 6) is -1.28. The molecule has 4 nitrogen and oxygen atoms in total. The summed E-state index contributed by atoms with van der Waals surface area (Å²) in [7, 11) is 0. The van der Waals surface area contributed by atoms with Gasteiger partial charge in [-0.15, -0.1) is 0 Å². The molecule has 4 atom stereocenters. The molecule has 1 unspecified atom stereocenters. The van der Waals surface area contributed by atoms with Gasteiger partial charge in [0.15, 0.2) is 0 Å². The minimum atomic E-state index is -0.806. The topological polar surface area (TPSA) is 36.9 Å². The number of hydrogen-bond acceptors (Lipinski definition) is 4. The van der Waals surface area contributed by atoms with E-state index >= 15 is 4.39 Å². The van der Waals surface area contributed by atoms with Crippen LogP contribution in [0.1, 0.15) is 33.9 Å². The Morgan fingerprint density at radius 3 is 1.72 bits per heavy atom. The Morgan fingerprint density at radius 1 is 0.641 bits per heavy atom. The first-order valence-electron chi connectivity index (χ1n) is 13.1. The molecule has 4 aromatic rings. The highest BCUT2D eigenvalue weighted by molar-refractivity contribution is 5.30. The molecule has 1 fully saturated rings. The number of benzene rings is 4. The Balaban J connectivity index is 1.42. The normalized spacial score (nSPS) is 20.8. The van der Waals surface area contributed by atoms with Crippen molar-refractivity contribution in [3.8, 4) is 0 Å². The molecule has 0 aromatic heterocycles. The van der Waals surface area contributed by atoms with Crippen molar-refractivity contribution in [2.75, 3.05) is 6.61 Å². The first-order chi connectivity index (χ1) is 19.1. The van der Waals surface area contributed by atoms with Crippen molar-refractivity contribution in [1.29, 1.82) is 0 Å². The average Bonchev–Trinajstić information content (AvgIpc) is 3.31. The minimum Gasteiger partial charge on any atom is -0.374 e. The van der Waals surface area contributed by atoms with Gasteiger partial charge in [-0.3, -0.25) is 0 Å². The standard InChI is InChI=1S/C33H32F2O4/c1-23-17-27(29(35)18-28(23)34)31-33(38-21-26-15-9-4-10-16-26)32(37-20-25-13-7-3-8-14-25)30(39-31)22-36-19-24-11-5-2-6-12-24/h2-18,30-33H,19-22H2,1H3/t30-,31+,32-,33?/m1/s1. The Hall–Kier alpha value is -3.42. The maximum atomic E-state index is 15.1. The summed E-state index contributed by atoms with van der Waals surface area (Å²) in [4.78, 5) is 0. The van der Waals surface area contributed by atoms with Gasteiger partial charge >= 0.3 is 0 Å². The molecule has 0 N–H and O–H groups in total. The Bertz CT molecular complexity index is 1320. The second-order valence-corrected chi connectivity index (χ2v) is 9.74. The van der Waals surface area contributed by atoms with Crippen molar-refractivity contribution in [2.24, 2.45) is 0 Å². The first kappa shape index (κ1) is 27.2. The maximum Gasteiger partial charge on any atom is 0.132 e. The van der Waals surface area contributed by atoms with Crippen LogP contribution in [0.5, 0.6) is 0 Å². The highest BCUT2D eigenvalue weighted by Gasteiger charge is 2.48. The number of hydrogen-bond donors (Lipinski definition) is 0. The fraction of sp³-hybridized carbons (Fsp3) is 0.273. The number of aryl methyl sites for hydroxylation is 1. The molecule has 4 aromatic carbocycles. The highest BCUT2D eigenvalue weighted by atomic mass is 19.1. The largest absolute Gasteiger partial charge is 0.374 e. The van der Waals surface area contributed by atoms with Crippen molar-refractivity contribution in [1.82, 2.24) is 0 Å². The van der Waals surface area contributed by atoms with E-state index in [0.29, 0.717) is 18.8 Å². The number of rotatable bonds is 11. The van der Waals surface area contributed by atoms with E-state index in [1.807, 2.05) is 91.0 Å². The van der Waals surface area contributed by atoms with Crippen LogP contribution in [0.2, 0.25) is 0 Å². The smallest absolute Gasteiger partial charge is 0.132 e. The SMILES string of the molecule is Cc1cc([C@@H]2O[C@H](COCc3ccccc3)[C@@H](OCc3ccccc3)C2OCc2ccccc2)c(F)cc1F. The van der Waals surface area contributed by atoms with Gasteiger partial charge < -0.3 is 18.9 Å². The van der Waals surface area contributed by atoms with Gasteiger partial charge in [0, 0.05) is 11.6 Å². The molecule has 0 saturated carbocycles. The summed E-state index contributed by atoms with van der Waals surface area (Å²) in [6.07, 6.45) is -2.55. The molecule has 0 spiro atoms. The van der Waals surface area contributed by atoms with E-state index in [9.17, 15) is 4.39 Å². The van der Waals surface area contributed by atoms with Crippen LogP contribution >= 0.6 is 0 Å². The van der Waals surface area contributed by atoms with E-state index in [2.05, 4.69) is 0 Å². The van der Waals surface area contributed by atoms with Crippen LogP contribution < -0.4 is 0 Å². The minimum absolute atomic E-state index is 0.220. The Labute approximate surface area is 228 Å². The molecule has 1 heterocycles. The molecule has 5 rings (SSSR count). The maximum absolute atomic E-state index is 15.1. The van der Waals surface area contributed by atoms with Crippen molar-refractivity contribution < 1.29 is 27.7 Å². The van der Waals surface area contributed by atoms with Gasteiger partial charge in [-0.1, -0.05) is 91.0 Å². The van der Waals surface area contributed by atoms with Crippen LogP contribution in [0.15, 0.2) is 103 Å². The van der Waals surface area contributed by atoms with E-state index in [0.717, 1.165) is 22.8 Å². The van der Waals surface area contributed by atoms with E-state index < -0.39 is 36.1 Å². The van der Waals surface area contributed by atoms with E-state index in [-0.39, 0.29) is 18.8 Å². The zero-order valence-corrected chi connectivity index (χ0v) is 21.8. The van der Waals surface area contributed by atoms with Crippen molar-refractivity contribution >= 4 is 0 Å². The molecular weight excluding hydrogens is 498 g/mol. The molecule has 39 heavy (non-hydrogen) atoms. The number of ether oxygens (including phenoxy) is 4. The van der Waals surface area contributed by atoms with E-state index in [4.69, 9.17) is 18.9 Å². The van der Waals surface area contributed by atoms with Crippen LogP contribution in [0.3, 0.4) is 0 Å². The molecule has 0 aliphatic carbocycles. The van der Waals surface area contributed by atoms with Gasteiger partial charge in [0.2, 0.25) is 0 Å². The van der Waals surface area contributed by atoms with Crippen LogP contribution in [-0.4, -0.2) is 24.9 Å². The van der Waals surface area contributed by atoms with Crippen LogP contribution in [-0.2, 0) is 38.8 Å². The zero-order valence-electron chi connectivity index (χ0n) is 21.8. The fourth-order valence-electron chi connectivity index (χ4n) is 4.79. The lowest BCUT2D eigenvalue weighted by Gasteiger charge is -2.25. The monoisotopic (exact) mass is 530 g/mol. The second-order valence-electron chi connectivity index (χ2n) is 9.74. The van der Waals surface area contributed by atoms with Crippen LogP contribution in [0.4, 0.5) is 8.78 Å². The lowest BCUT2D eigenvalue weighted by molar-refractivity contribution is -0.0898. The highest BCUT2D eigenvalue weighted by Crippen LogP contribution is 2.40. The van der Waals surface area contributed by atoms with Gasteiger partial charge in [-0.05, 0) is 35.2 Å². The van der Waals surface area contributed by atoms with Crippen molar-refractivity contribution in [3.05, 3.63) is 143 Å². The van der Waals surface area contributed by atoms with Crippen LogP contribution in [0.25, 0.3) is 0 Å². The summed E-state index contributed by atoms with van der Waals surface area (Å²) in [6, 6.07) is 31.8. The summed E-state index contributed by atoms with van der Waals surface area (Å²) in [6.45, 7) is 2.84. The summed E-state index contributed by atoms with van der Waals surface area (Å²) >= 11 is 0. The molecule has 0 amide bonds. The van der Waals surface area contributed by atoms with Gasteiger partial charge in [-0.2, -0.15) is 0 Å². The third kappa shape index (κ3) is 6.97. The van der Waals surface area contributed by atoms with E-state index in [1.165, 1.54) is 6.07 Å². The zero-order chi connectivity index (χ0) is 27.0. The van der Waals surface area contributed by atoms with Gasteiger partial charge in [0.1, 0.15) is 36.1 Å². The predicted octanol–water partition coefficient (Wildman–Crippen LogP) is 7.10. The Kier molecular flexibility index (Phi) is 9.12. The molecule has 0 radical (unpaired) electrons. The predicted molar refractivity (Wildman–Crippen MR) is 145 cm³/mol. The van der Waals surface area contributed by atoms with Crippen molar-refractivity contribution in [2.45, 2.75) is 51.2 Å². The first-order valence-corrected chi connectivity index (χ1v) is 13.1. The van der Waals surface area contributed by atoms with Gasteiger partial charge in [0.25, 0.3) is 0 Å². The van der Waals surface area contributed by atoms with E-state index in [1.54, 1.807) is 6.92 Å². The molecule has 1 aliphatic rings.